The third-order valence-corrected chi connectivity index (χ3v) is 4.25. The van der Waals surface area contributed by atoms with E-state index in [9.17, 15) is 5.11 Å². The van der Waals surface area contributed by atoms with Crippen molar-refractivity contribution in [2.45, 2.75) is 6.04 Å². The van der Waals surface area contributed by atoms with Crippen LogP contribution in [0.15, 0.2) is 71.7 Å². The van der Waals surface area contributed by atoms with Crippen molar-refractivity contribution < 1.29 is 5.11 Å². The second-order valence-electron chi connectivity index (χ2n) is 6.10. The van der Waals surface area contributed by atoms with Crippen molar-refractivity contribution in [3.63, 3.8) is 0 Å². The quantitative estimate of drug-likeness (QED) is 0.713. The summed E-state index contributed by atoms with van der Waals surface area (Å²) in [4.78, 5) is 6.79. The maximum absolute atomic E-state index is 10.2. The molecule has 0 aliphatic rings. The number of hydrogen-bond donors (Lipinski definition) is 1. The third-order valence-electron chi connectivity index (χ3n) is 4.25. The molecule has 0 aliphatic carbocycles. The highest BCUT2D eigenvalue weighted by Gasteiger charge is 2.12. The van der Waals surface area contributed by atoms with E-state index in [-0.39, 0.29) is 11.8 Å². The van der Waals surface area contributed by atoms with Gasteiger partial charge in [0, 0.05) is 11.8 Å². The molecular weight excluding hydrogens is 296 g/mol. The zero-order valence-electron chi connectivity index (χ0n) is 14.1. The van der Waals surface area contributed by atoms with Gasteiger partial charge in [-0.1, -0.05) is 60.7 Å². The minimum Gasteiger partial charge on any atom is -0.507 e. The van der Waals surface area contributed by atoms with Gasteiger partial charge in [0.05, 0.1) is 12.6 Å². The van der Waals surface area contributed by atoms with Crippen molar-refractivity contribution >= 4 is 17.0 Å². The van der Waals surface area contributed by atoms with Crippen molar-refractivity contribution in [1.82, 2.24) is 4.90 Å². The molecule has 0 aromatic heterocycles. The normalized spacial score (nSPS) is 13.0. The third kappa shape index (κ3) is 3.47. The van der Waals surface area contributed by atoms with Crippen molar-refractivity contribution in [3.05, 3.63) is 77.9 Å². The van der Waals surface area contributed by atoms with E-state index in [0.717, 1.165) is 16.3 Å². The standard InChI is InChI=1S/C21H22N2O/c1-23(2)20(17-9-4-3-5-10-17)15-22-14-19-18-11-7-6-8-16(18)12-13-21(19)24/h3-14,20,24H,15H2,1-2H3/t20-/m1/s1. The summed E-state index contributed by atoms with van der Waals surface area (Å²) >= 11 is 0. The van der Waals surface area contributed by atoms with Crippen LogP contribution in [0, 0.1) is 0 Å². The minimum atomic E-state index is 0.208. The van der Waals surface area contributed by atoms with Crippen molar-refractivity contribution in [3.8, 4) is 5.75 Å². The summed E-state index contributed by atoms with van der Waals surface area (Å²) in [7, 11) is 4.12. The van der Waals surface area contributed by atoms with E-state index < -0.39 is 0 Å². The molecule has 3 aromatic carbocycles. The van der Waals surface area contributed by atoms with Crippen molar-refractivity contribution in [2.75, 3.05) is 20.6 Å². The molecular formula is C21H22N2O. The monoisotopic (exact) mass is 318 g/mol. The zero-order chi connectivity index (χ0) is 16.9. The van der Waals surface area contributed by atoms with Gasteiger partial charge >= 0.3 is 0 Å². The maximum atomic E-state index is 10.2. The highest BCUT2D eigenvalue weighted by molar-refractivity contribution is 6.02. The number of nitrogens with zero attached hydrogens (tertiary/aromatic N) is 2. The largest absolute Gasteiger partial charge is 0.507 e. The Morgan fingerprint density at radius 1 is 0.958 bits per heavy atom. The molecule has 0 spiro atoms. The smallest absolute Gasteiger partial charge is 0.124 e. The Bertz CT molecular complexity index is 841. The number of likely N-dealkylation sites (N-methyl/N-ethyl adjacent to an activating group) is 1. The first kappa shape index (κ1) is 16.2. The molecule has 3 aromatic rings. The highest BCUT2D eigenvalue weighted by atomic mass is 16.3. The van der Waals surface area contributed by atoms with Gasteiger partial charge in [-0.15, -0.1) is 0 Å². The summed E-state index contributed by atoms with van der Waals surface area (Å²) in [6.45, 7) is 0.639. The maximum Gasteiger partial charge on any atom is 0.124 e. The lowest BCUT2D eigenvalue weighted by Gasteiger charge is -2.23. The van der Waals surface area contributed by atoms with Crippen molar-refractivity contribution in [1.29, 1.82) is 0 Å². The average Bonchev–Trinajstić information content (AvgIpc) is 2.60. The second-order valence-corrected chi connectivity index (χ2v) is 6.10. The molecule has 0 fully saturated rings. The Morgan fingerprint density at radius 3 is 2.42 bits per heavy atom. The van der Waals surface area contributed by atoms with Crippen LogP contribution in [-0.2, 0) is 0 Å². The fourth-order valence-corrected chi connectivity index (χ4v) is 2.91. The van der Waals surface area contributed by atoms with Gasteiger partial charge in [-0.25, -0.2) is 0 Å². The molecule has 0 amide bonds. The lowest BCUT2D eigenvalue weighted by Crippen LogP contribution is -2.22. The Kier molecular flexibility index (Phi) is 4.92. The van der Waals surface area contributed by atoms with Crippen LogP contribution >= 0.6 is 0 Å². The van der Waals surface area contributed by atoms with Crippen LogP contribution in [0.5, 0.6) is 5.75 Å². The second kappa shape index (κ2) is 7.28. The Morgan fingerprint density at radius 2 is 1.67 bits per heavy atom. The molecule has 24 heavy (non-hydrogen) atoms. The van der Waals surface area contributed by atoms with Gasteiger partial charge in [-0.05, 0) is 36.5 Å². The van der Waals surface area contributed by atoms with Crippen LogP contribution in [0.4, 0.5) is 0 Å². The lowest BCUT2D eigenvalue weighted by atomic mass is 10.0. The topological polar surface area (TPSA) is 35.8 Å². The number of benzene rings is 3. The molecule has 3 heteroatoms. The number of phenolic OH excluding ortho intramolecular Hbond substituents is 1. The van der Waals surface area contributed by atoms with Crippen LogP contribution in [0.1, 0.15) is 17.2 Å². The van der Waals surface area contributed by atoms with E-state index in [1.54, 1.807) is 12.3 Å². The first-order valence-electron chi connectivity index (χ1n) is 8.08. The minimum absolute atomic E-state index is 0.208. The number of aliphatic imine (C=N–C) groups is 1. The lowest BCUT2D eigenvalue weighted by molar-refractivity contribution is 0.307. The first-order chi connectivity index (χ1) is 11.7. The summed E-state index contributed by atoms with van der Waals surface area (Å²) in [5.74, 6) is 0.263. The highest BCUT2D eigenvalue weighted by Crippen LogP contribution is 2.26. The van der Waals surface area contributed by atoms with Crippen LogP contribution < -0.4 is 0 Å². The molecule has 3 nitrogen and oxygen atoms in total. The number of fused-ring (bicyclic) bond motifs is 1. The van der Waals surface area contributed by atoms with Crippen LogP contribution in [-0.4, -0.2) is 36.9 Å². The number of hydrogen-bond acceptors (Lipinski definition) is 3. The summed E-state index contributed by atoms with van der Waals surface area (Å²) in [5.41, 5.74) is 2.01. The number of phenols is 1. The van der Waals surface area contributed by atoms with E-state index in [0.29, 0.717) is 6.54 Å². The molecule has 1 atom stereocenters. The van der Waals surface area contributed by atoms with Crippen LogP contribution in [0.3, 0.4) is 0 Å². The average molecular weight is 318 g/mol. The predicted molar refractivity (Wildman–Crippen MR) is 101 cm³/mol. The van der Waals surface area contributed by atoms with E-state index >= 15 is 0 Å². The molecule has 0 heterocycles. The SMILES string of the molecule is CN(C)[C@H](CN=Cc1c(O)ccc2ccccc12)c1ccccc1. The van der Waals surface area contributed by atoms with Crippen LogP contribution in [0.2, 0.25) is 0 Å². The molecule has 0 bridgehead atoms. The zero-order valence-corrected chi connectivity index (χ0v) is 14.1. The van der Waals surface area contributed by atoms with Crippen LogP contribution in [0.25, 0.3) is 10.8 Å². The molecule has 0 aliphatic heterocycles. The van der Waals surface area contributed by atoms with Gasteiger partial charge in [0.25, 0.3) is 0 Å². The van der Waals surface area contributed by atoms with E-state index in [1.807, 2.05) is 48.5 Å². The first-order valence-corrected chi connectivity index (χ1v) is 8.08. The Hall–Kier alpha value is -2.65. The molecule has 0 saturated carbocycles. The molecule has 0 saturated heterocycles. The molecule has 122 valence electrons. The molecule has 3 rings (SSSR count). The van der Waals surface area contributed by atoms with Gasteiger partial charge in [-0.2, -0.15) is 0 Å². The van der Waals surface area contributed by atoms with Gasteiger partial charge < -0.3 is 10.0 Å². The summed E-state index contributed by atoms with van der Waals surface area (Å²) in [6.07, 6.45) is 1.79. The Labute approximate surface area is 142 Å². The summed E-state index contributed by atoms with van der Waals surface area (Å²) in [5, 5.41) is 12.3. The van der Waals surface area contributed by atoms with E-state index in [2.05, 4.69) is 36.1 Å². The molecule has 0 unspecified atom stereocenters. The fraction of sp³-hybridized carbons (Fsp3) is 0.190. The van der Waals surface area contributed by atoms with Gasteiger partial charge in [0.1, 0.15) is 5.75 Å². The van der Waals surface area contributed by atoms with E-state index in [1.165, 1.54) is 5.56 Å². The fourth-order valence-electron chi connectivity index (χ4n) is 2.91. The summed E-state index contributed by atoms with van der Waals surface area (Å²) < 4.78 is 0. The van der Waals surface area contributed by atoms with Crippen molar-refractivity contribution in [2.24, 2.45) is 4.99 Å². The molecule has 0 radical (unpaired) electrons. The molecule has 1 N–H and O–H groups in total. The number of rotatable bonds is 5. The number of aromatic hydroxyl groups is 1. The van der Waals surface area contributed by atoms with Gasteiger partial charge in [0.2, 0.25) is 0 Å². The predicted octanol–water partition coefficient (Wildman–Crippen LogP) is 4.27. The van der Waals surface area contributed by atoms with Gasteiger partial charge in [-0.3, -0.25) is 4.99 Å². The van der Waals surface area contributed by atoms with E-state index in [4.69, 9.17) is 0 Å². The van der Waals surface area contributed by atoms with Gasteiger partial charge in [0.15, 0.2) is 0 Å². The Balaban J connectivity index is 1.87. The summed E-state index contributed by atoms with van der Waals surface area (Å²) in [6, 6.07) is 22.2.